The Morgan fingerprint density at radius 3 is 2.67 bits per heavy atom. The molecule has 0 fully saturated rings. The molecular formula is C16H23N3O4Si. The lowest BCUT2D eigenvalue weighted by Gasteiger charge is -2.37. The summed E-state index contributed by atoms with van der Waals surface area (Å²) in [6, 6.07) is 3.18. The minimum atomic E-state index is -1.94. The van der Waals surface area contributed by atoms with Crippen molar-refractivity contribution >= 4 is 8.32 Å². The lowest BCUT2D eigenvalue weighted by atomic mass is 10.2. The molecule has 130 valence electrons. The van der Waals surface area contributed by atoms with Crippen LogP contribution in [0.15, 0.2) is 34.0 Å². The highest BCUT2D eigenvalue weighted by molar-refractivity contribution is 6.74. The highest BCUT2D eigenvalue weighted by Gasteiger charge is 2.41. The zero-order chi connectivity index (χ0) is 18.2. The molecule has 7 nitrogen and oxygen atoms in total. The molecule has 0 aliphatic carbocycles. The van der Waals surface area contributed by atoms with Gasteiger partial charge in [-0.05, 0) is 24.2 Å². The normalized spacial score (nSPS) is 24.1. The topological polar surface area (TPSA) is 97.1 Å². The van der Waals surface area contributed by atoms with Gasteiger partial charge in [-0.1, -0.05) is 26.8 Å². The number of nitrogens with one attached hydrogen (secondary N) is 1. The summed E-state index contributed by atoms with van der Waals surface area (Å²) in [5.41, 5.74) is -2.79. The molecule has 0 aromatic carbocycles. The second kappa shape index (κ2) is 6.16. The Kier molecular flexibility index (Phi) is 4.72. The predicted octanol–water partition coefficient (Wildman–Crippen LogP) is 1.69. The number of hydrogen-bond acceptors (Lipinski definition) is 5. The smallest absolute Gasteiger partial charge is 0.331 e. The lowest BCUT2D eigenvalue weighted by Crippen LogP contribution is -2.45. The Balaban J connectivity index is 2.17. The molecule has 0 amide bonds. The molecule has 2 rings (SSSR count). The van der Waals surface area contributed by atoms with Crippen LogP contribution >= 0.6 is 0 Å². The fourth-order valence-corrected chi connectivity index (χ4v) is 3.09. The third kappa shape index (κ3) is 3.43. The molecule has 0 radical (unpaired) electrons. The molecule has 2 atom stereocenters. The summed E-state index contributed by atoms with van der Waals surface area (Å²) in [6.07, 6.45) is 4.06. The zero-order valence-electron chi connectivity index (χ0n) is 14.6. The van der Waals surface area contributed by atoms with E-state index in [1.54, 1.807) is 6.08 Å². The van der Waals surface area contributed by atoms with Gasteiger partial charge in [0.1, 0.15) is 12.2 Å². The predicted molar refractivity (Wildman–Crippen MR) is 92.1 cm³/mol. The molecule has 0 saturated heterocycles. The largest absolute Gasteiger partial charge is 0.414 e. The van der Waals surface area contributed by atoms with Gasteiger partial charge >= 0.3 is 5.69 Å². The molecule has 0 unspecified atom stereocenters. The van der Waals surface area contributed by atoms with Crippen molar-refractivity contribution in [2.24, 2.45) is 0 Å². The minimum Gasteiger partial charge on any atom is -0.414 e. The average Bonchev–Trinajstić information content (AvgIpc) is 2.89. The fraction of sp³-hybridized carbons (Fsp3) is 0.562. The highest BCUT2D eigenvalue weighted by atomic mass is 28.4. The maximum absolute atomic E-state index is 12.0. The molecule has 1 aliphatic heterocycles. The van der Waals surface area contributed by atoms with Gasteiger partial charge in [-0.15, -0.1) is 0 Å². The van der Waals surface area contributed by atoms with Crippen LogP contribution in [0.5, 0.6) is 0 Å². The SMILES string of the molecule is CC(C)(C)[Si](C)(C)OC[C@@H]1C=C[C@](C#N)(n2ccc(=O)[nH]c2=O)O1. The number of ether oxygens (including phenoxy) is 1. The lowest BCUT2D eigenvalue weighted by molar-refractivity contribution is -0.0559. The molecule has 1 aromatic heterocycles. The van der Waals surface area contributed by atoms with Crippen LogP contribution in [0.25, 0.3) is 0 Å². The van der Waals surface area contributed by atoms with Crippen LogP contribution in [0.1, 0.15) is 20.8 Å². The third-order valence-corrected chi connectivity index (χ3v) is 9.13. The molecule has 0 spiro atoms. The van der Waals surface area contributed by atoms with Crippen LogP contribution in [0.2, 0.25) is 18.1 Å². The van der Waals surface area contributed by atoms with Crippen molar-refractivity contribution < 1.29 is 9.16 Å². The van der Waals surface area contributed by atoms with Gasteiger partial charge in [0.05, 0.1) is 6.61 Å². The Morgan fingerprint density at radius 2 is 2.12 bits per heavy atom. The number of H-pyrrole nitrogens is 1. The summed E-state index contributed by atoms with van der Waals surface area (Å²) >= 11 is 0. The van der Waals surface area contributed by atoms with Crippen molar-refractivity contribution in [2.75, 3.05) is 6.61 Å². The van der Waals surface area contributed by atoms with Gasteiger partial charge in [-0.2, -0.15) is 5.26 Å². The molecule has 24 heavy (non-hydrogen) atoms. The van der Waals surface area contributed by atoms with Gasteiger partial charge < -0.3 is 9.16 Å². The van der Waals surface area contributed by atoms with Gasteiger partial charge in [0.2, 0.25) is 0 Å². The third-order valence-electron chi connectivity index (χ3n) is 4.62. The number of aromatic amines is 1. The van der Waals surface area contributed by atoms with Gasteiger partial charge in [0.15, 0.2) is 8.32 Å². The fourth-order valence-electron chi connectivity index (χ4n) is 2.08. The van der Waals surface area contributed by atoms with Crippen molar-refractivity contribution in [3.8, 4) is 6.07 Å². The summed E-state index contributed by atoms with van der Waals surface area (Å²) < 4.78 is 13.0. The van der Waals surface area contributed by atoms with Crippen LogP contribution in [-0.4, -0.2) is 30.6 Å². The van der Waals surface area contributed by atoms with Crippen LogP contribution < -0.4 is 11.2 Å². The van der Waals surface area contributed by atoms with E-state index >= 15 is 0 Å². The summed E-state index contributed by atoms with van der Waals surface area (Å²) in [4.78, 5) is 25.3. The number of hydrogen-bond donors (Lipinski definition) is 1. The molecule has 0 saturated carbocycles. The molecular weight excluding hydrogens is 326 g/mol. The highest BCUT2D eigenvalue weighted by Crippen LogP contribution is 2.37. The van der Waals surface area contributed by atoms with Gasteiger partial charge in [0, 0.05) is 12.3 Å². The average molecular weight is 349 g/mol. The van der Waals surface area contributed by atoms with E-state index in [9.17, 15) is 14.9 Å². The van der Waals surface area contributed by atoms with Crippen LogP contribution in [0.4, 0.5) is 0 Å². The Labute approximate surface area is 141 Å². The van der Waals surface area contributed by atoms with Crippen molar-refractivity contribution in [2.45, 2.75) is 50.7 Å². The Bertz CT molecular complexity index is 797. The van der Waals surface area contributed by atoms with E-state index in [1.165, 1.54) is 18.3 Å². The maximum Gasteiger partial charge on any atom is 0.331 e. The number of nitrogens with zero attached hydrogens (tertiary/aromatic N) is 2. The van der Waals surface area contributed by atoms with E-state index in [0.717, 1.165) is 4.57 Å². The quantitative estimate of drug-likeness (QED) is 0.659. The second-order valence-corrected chi connectivity index (χ2v) is 12.2. The summed E-state index contributed by atoms with van der Waals surface area (Å²) in [5, 5.41) is 9.60. The first-order chi connectivity index (χ1) is 11.0. The molecule has 1 N–H and O–H groups in total. The number of rotatable bonds is 4. The summed E-state index contributed by atoms with van der Waals surface area (Å²) in [6.45, 7) is 11.0. The first-order valence-electron chi connectivity index (χ1n) is 7.76. The molecule has 2 heterocycles. The number of nitriles is 1. The second-order valence-electron chi connectivity index (χ2n) is 7.38. The van der Waals surface area contributed by atoms with E-state index < -0.39 is 31.4 Å². The van der Waals surface area contributed by atoms with E-state index in [-0.39, 0.29) is 5.04 Å². The first kappa shape index (κ1) is 18.4. The summed E-state index contributed by atoms with van der Waals surface area (Å²) in [7, 11) is -1.94. The van der Waals surface area contributed by atoms with Crippen LogP contribution in [-0.2, 0) is 14.9 Å². The van der Waals surface area contributed by atoms with Crippen molar-refractivity contribution in [1.29, 1.82) is 5.26 Å². The number of aromatic nitrogens is 2. The van der Waals surface area contributed by atoms with Gasteiger partial charge in [0.25, 0.3) is 11.3 Å². The van der Waals surface area contributed by atoms with Crippen molar-refractivity contribution in [3.63, 3.8) is 0 Å². The van der Waals surface area contributed by atoms with E-state index in [1.807, 2.05) is 6.07 Å². The Hall–Kier alpha value is -1.95. The van der Waals surface area contributed by atoms with Crippen LogP contribution in [0.3, 0.4) is 0 Å². The summed E-state index contributed by atoms with van der Waals surface area (Å²) in [5.74, 6) is 0. The van der Waals surface area contributed by atoms with Crippen molar-refractivity contribution in [3.05, 3.63) is 45.3 Å². The standard InChI is InChI=1S/C16H23N3O4Si/c1-15(2,3)24(4,5)22-10-12-6-8-16(11-17,23-12)19-9-7-13(20)18-14(19)21/h6-9,12H,10H2,1-5H3,(H,18,20,21)/t12-,16-/m0/s1. The monoisotopic (exact) mass is 349 g/mol. The van der Waals surface area contributed by atoms with Gasteiger partial charge in [-0.25, -0.2) is 4.79 Å². The van der Waals surface area contributed by atoms with Crippen molar-refractivity contribution in [1.82, 2.24) is 9.55 Å². The molecule has 1 aromatic rings. The molecule has 1 aliphatic rings. The first-order valence-corrected chi connectivity index (χ1v) is 10.7. The minimum absolute atomic E-state index is 0.0670. The Morgan fingerprint density at radius 1 is 1.46 bits per heavy atom. The van der Waals surface area contributed by atoms with E-state index in [0.29, 0.717) is 6.61 Å². The zero-order valence-corrected chi connectivity index (χ0v) is 15.6. The maximum atomic E-state index is 12.0. The van der Waals surface area contributed by atoms with E-state index in [2.05, 4.69) is 38.8 Å². The van der Waals surface area contributed by atoms with E-state index in [4.69, 9.17) is 9.16 Å². The molecule has 0 bridgehead atoms. The van der Waals surface area contributed by atoms with Crippen LogP contribution in [0, 0.1) is 11.3 Å². The van der Waals surface area contributed by atoms with Gasteiger partial charge in [-0.3, -0.25) is 14.3 Å². The molecule has 8 heteroatoms.